The van der Waals surface area contributed by atoms with Crippen molar-refractivity contribution in [3.63, 3.8) is 0 Å². The molecule has 3 aliphatic rings. The summed E-state index contributed by atoms with van der Waals surface area (Å²) in [6, 6.07) is 3.11. The molecular weight excluding hydrogens is 393 g/mol. The summed E-state index contributed by atoms with van der Waals surface area (Å²) in [7, 11) is 0. The third-order valence-corrected chi connectivity index (χ3v) is 7.00. The first-order chi connectivity index (χ1) is 14.5. The van der Waals surface area contributed by atoms with Crippen molar-refractivity contribution in [1.29, 1.82) is 0 Å². The maximum absolute atomic E-state index is 13.1. The molecule has 1 saturated heterocycles. The lowest BCUT2D eigenvalue weighted by atomic mass is 9.93. The van der Waals surface area contributed by atoms with E-state index in [0.717, 1.165) is 56.9 Å². The third-order valence-electron chi connectivity index (χ3n) is 7.00. The number of fused-ring (bicyclic) bond motifs is 1. The second-order valence-corrected chi connectivity index (χ2v) is 8.78. The van der Waals surface area contributed by atoms with Crippen LogP contribution in [0.5, 0.6) is 0 Å². The van der Waals surface area contributed by atoms with E-state index in [1.807, 2.05) is 17.7 Å². The van der Waals surface area contributed by atoms with Gasteiger partial charge in [-0.25, -0.2) is 0 Å². The minimum atomic E-state index is -4.41. The number of aromatic nitrogens is 3. The fraction of sp³-hybridized carbons (Fsp3) is 0.636. The number of hydrogen-bond acceptors (Lipinski definition) is 4. The first-order valence-corrected chi connectivity index (χ1v) is 10.9. The largest absolute Gasteiger partial charge is 0.417 e. The Kier molecular flexibility index (Phi) is 5.09. The summed E-state index contributed by atoms with van der Waals surface area (Å²) >= 11 is 0. The summed E-state index contributed by atoms with van der Waals surface area (Å²) in [4.78, 5) is 3.79. The highest BCUT2D eigenvalue weighted by Crippen LogP contribution is 2.65. The van der Waals surface area contributed by atoms with Crippen molar-refractivity contribution in [3.05, 3.63) is 35.8 Å². The van der Waals surface area contributed by atoms with Gasteiger partial charge in [0, 0.05) is 49.3 Å². The van der Waals surface area contributed by atoms with Crippen molar-refractivity contribution in [1.82, 2.24) is 20.1 Å². The Morgan fingerprint density at radius 1 is 1.20 bits per heavy atom. The van der Waals surface area contributed by atoms with Gasteiger partial charge in [0.2, 0.25) is 0 Å². The molecule has 5 nitrogen and oxygen atoms in total. The van der Waals surface area contributed by atoms with E-state index < -0.39 is 11.7 Å². The Morgan fingerprint density at radius 3 is 2.73 bits per heavy atom. The fourth-order valence-corrected chi connectivity index (χ4v) is 5.49. The molecule has 1 aliphatic heterocycles. The Bertz CT molecular complexity index is 892. The van der Waals surface area contributed by atoms with Gasteiger partial charge in [-0.3, -0.25) is 9.67 Å². The molecule has 8 heteroatoms. The van der Waals surface area contributed by atoms with Gasteiger partial charge in [-0.1, -0.05) is 0 Å². The van der Waals surface area contributed by atoms with Crippen LogP contribution in [0.3, 0.4) is 0 Å². The Morgan fingerprint density at radius 2 is 2.00 bits per heavy atom. The number of halogens is 3. The van der Waals surface area contributed by atoms with Crippen LogP contribution in [-0.2, 0) is 17.5 Å². The standard InChI is InChI=1S/C22H27F3N4O/c1-2-29-19(9-18(28-29)14-6-15(11-27-10-14)22(23,24)25)21-16-7-13(8-17(16)21)20-12-26-4-3-5-30-20/h6,9-11,13,16-17,20-21,26H,2-5,7-8,12H2,1H3/t13?,16-,17+,20?,21?. The topological polar surface area (TPSA) is 52.0 Å². The molecule has 5 rings (SSSR count). The van der Waals surface area contributed by atoms with Crippen LogP contribution < -0.4 is 5.32 Å². The van der Waals surface area contributed by atoms with Gasteiger partial charge in [0.1, 0.15) is 0 Å². The molecule has 5 atom stereocenters. The van der Waals surface area contributed by atoms with Gasteiger partial charge in [0.05, 0.1) is 17.4 Å². The number of aryl methyl sites for hydroxylation is 1. The number of alkyl halides is 3. The van der Waals surface area contributed by atoms with Crippen molar-refractivity contribution in [3.8, 4) is 11.3 Å². The summed E-state index contributed by atoms with van der Waals surface area (Å²) in [5.74, 6) is 2.33. The van der Waals surface area contributed by atoms with E-state index in [1.54, 1.807) is 0 Å². The lowest BCUT2D eigenvalue weighted by molar-refractivity contribution is -0.137. The number of nitrogens with one attached hydrogen (secondary N) is 1. The zero-order valence-electron chi connectivity index (χ0n) is 17.0. The molecule has 0 amide bonds. The van der Waals surface area contributed by atoms with Crippen LogP contribution in [-0.4, -0.2) is 40.6 Å². The van der Waals surface area contributed by atoms with Gasteiger partial charge in [-0.2, -0.15) is 18.3 Å². The highest BCUT2D eigenvalue weighted by atomic mass is 19.4. The molecule has 0 bridgehead atoms. The number of rotatable bonds is 4. The van der Waals surface area contributed by atoms with Gasteiger partial charge in [0.15, 0.2) is 0 Å². The van der Waals surface area contributed by atoms with Crippen molar-refractivity contribution in [2.75, 3.05) is 19.7 Å². The van der Waals surface area contributed by atoms with E-state index in [4.69, 9.17) is 4.74 Å². The van der Waals surface area contributed by atoms with Gasteiger partial charge in [-0.05, 0) is 62.6 Å². The number of ether oxygens (including phenoxy) is 1. The maximum atomic E-state index is 13.1. The molecule has 1 N–H and O–H groups in total. The second-order valence-electron chi connectivity index (χ2n) is 8.78. The minimum absolute atomic E-state index is 0.309. The Balaban J connectivity index is 1.32. The molecule has 0 aromatic carbocycles. The van der Waals surface area contributed by atoms with Crippen molar-refractivity contribution < 1.29 is 17.9 Å². The van der Waals surface area contributed by atoms with Crippen LogP contribution in [0, 0.1) is 17.8 Å². The molecule has 30 heavy (non-hydrogen) atoms. The molecule has 0 spiro atoms. The molecule has 162 valence electrons. The zero-order chi connectivity index (χ0) is 20.9. The Hall–Kier alpha value is -1.93. The number of pyridine rings is 1. The van der Waals surface area contributed by atoms with E-state index in [9.17, 15) is 13.2 Å². The van der Waals surface area contributed by atoms with Gasteiger partial charge < -0.3 is 10.1 Å². The maximum Gasteiger partial charge on any atom is 0.417 e. The summed E-state index contributed by atoms with van der Waals surface area (Å²) in [5.41, 5.74) is 1.40. The van der Waals surface area contributed by atoms with Crippen LogP contribution in [0.25, 0.3) is 11.3 Å². The van der Waals surface area contributed by atoms with Crippen molar-refractivity contribution >= 4 is 0 Å². The molecule has 2 aromatic rings. The van der Waals surface area contributed by atoms with Gasteiger partial charge >= 0.3 is 6.18 Å². The van der Waals surface area contributed by atoms with E-state index >= 15 is 0 Å². The van der Waals surface area contributed by atoms with E-state index in [2.05, 4.69) is 15.4 Å². The predicted octanol–water partition coefficient (Wildman–Crippen LogP) is 4.10. The molecule has 3 fully saturated rings. The fourth-order valence-electron chi connectivity index (χ4n) is 5.49. The number of nitrogens with zero attached hydrogens (tertiary/aromatic N) is 3. The smallest absolute Gasteiger partial charge is 0.377 e. The van der Waals surface area contributed by atoms with Crippen LogP contribution in [0.4, 0.5) is 13.2 Å². The molecule has 2 aliphatic carbocycles. The van der Waals surface area contributed by atoms with Crippen LogP contribution in [0.1, 0.15) is 43.4 Å². The summed E-state index contributed by atoms with van der Waals surface area (Å²) in [6.07, 6.45) is 1.62. The second kappa shape index (κ2) is 7.64. The van der Waals surface area contributed by atoms with Crippen LogP contribution in [0.15, 0.2) is 24.5 Å². The quantitative estimate of drug-likeness (QED) is 0.809. The molecule has 2 aromatic heterocycles. The monoisotopic (exact) mass is 420 g/mol. The summed E-state index contributed by atoms with van der Waals surface area (Å²) < 4.78 is 47.2. The van der Waals surface area contributed by atoms with Gasteiger partial charge in [0.25, 0.3) is 0 Å². The van der Waals surface area contributed by atoms with E-state index in [0.29, 0.717) is 47.6 Å². The van der Waals surface area contributed by atoms with E-state index in [-0.39, 0.29) is 0 Å². The SMILES string of the molecule is CCn1nc(-c2cncc(C(F)(F)F)c2)cc1C1[C@H]2CC(C3CNCCCO3)C[C@@H]12. The predicted molar refractivity (Wildman–Crippen MR) is 106 cm³/mol. The average molecular weight is 420 g/mol. The summed E-state index contributed by atoms with van der Waals surface area (Å²) in [6.45, 7) is 5.53. The van der Waals surface area contributed by atoms with Gasteiger partial charge in [-0.15, -0.1) is 0 Å². The molecule has 2 saturated carbocycles. The summed E-state index contributed by atoms with van der Waals surface area (Å²) in [5, 5.41) is 8.08. The first kappa shape index (κ1) is 20.0. The average Bonchev–Trinajstić information content (AvgIpc) is 3.08. The molecule has 3 unspecified atom stereocenters. The lowest BCUT2D eigenvalue weighted by Gasteiger charge is -2.24. The highest BCUT2D eigenvalue weighted by Gasteiger charge is 2.58. The molecule has 0 radical (unpaired) electrons. The third kappa shape index (κ3) is 3.64. The van der Waals surface area contributed by atoms with Crippen molar-refractivity contribution in [2.45, 2.75) is 50.9 Å². The zero-order valence-corrected chi connectivity index (χ0v) is 17.0. The molecular formula is C22H27F3N4O. The highest BCUT2D eigenvalue weighted by molar-refractivity contribution is 5.60. The Labute approximate surface area is 174 Å². The number of hydrogen-bond donors (Lipinski definition) is 1. The van der Waals surface area contributed by atoms with Crippen LogP contribution >= 0.6 is 0 Å². The minimum Gasteiger partial charge on any atom is -0.377 e. The van der Waals surface area contributed by atoms with E-state index in [1.165, 1.54) is 6.20 Å². The lowest BCUT2D eigenvalue weighted by Crippen LogP contribution is -2.32. The van der Waals surface area contributed by atoms with Crippen LogP contribution in [0.2, 0.25) is 0 Å². The normalized spacial score (nSPS) is 31.4. The van der Waals surface area contributed by atoms with Crippen molar-refractivity contribution in [2.24, 2.45) is 17.8 Å². The molecule has 3 heterocycles. The first-order valence-electron chi connectivity index (χ1n) is 10.9.